The van der Waals surface area contributed by atoms with E-state index < -0.39 is 35.5 Å². The maximum Gasteiger partial charge on any atom is 0.303 e. The van der Waals surface area contributed by atoms with Crippen LogP contribution in [0.5, 0.6) is 0 Å². The zero-order chi connectivity index (χ0) is 22.1. The van der Waals surface area contributed by atoms with E-state index in [-0.39, 0.29) is 40.8 Å². The summed E-state index contributed by atoms with van der Waals surface area (Å²) in [7, 11) is 0. The lowest BCUT2D eigenvalue weighted by molar-refractivity contribution is -0.194. The highest BCUT2D eigenvalue weighted by molar-refractivity contribution is 5.92. The number of ether oxygens (including phenoxy) is 1. The van der Waals surface area contributed by atoms with Gasteiger partial charge in [0.2, 0.25) is 5.78 Å². The molecule has 0 spiro atoms. The molecule has 4 aliphatic carbocycles. The maximum atomic E-state index is 13.1. The number of carbonyl (C=O) groups is 3. The number of aliphatic hydroxyl groups is 2. The maximum absolute atomic E-state index is 13.1. The molecule has 0 aromatic carbocycles. The average Bonchev–Trinajstić information content (AvgIpc) is 2.87. The third-order valence-corrected chi connectivity index (χ3v) is 9.39. The summed E-state index contributed by atoms with van der Waals surface area (Å²) in [4.78, 5) is 36.3. The lowest BCUT2D eigenvalue weighted by Gasteiger charge is -2.61. The van der Waals surface area contributed by atoms with E-state index in [9.17, 15) is 24.6 Å². The van der Waals surface area contributed by atoms with Crippen LogP contribution in [0.25, 0.3) is 0 Å². The number of ketones is 2. The van der Waals surface area contributed by atoms with E-state index in [0.29, 0.717) is 19.3 Å². The van der Waals surface area contributed by atoms with Crippen LogP contribution in [-0.4, -0.2) is 46.1 Å². The first-order chi connectivity index (χ1) is 13.9. The number of rotatable bonds is 3. The molecule has 30 heavy (non-hydrogen) atoms. The van der Waals surface area contributed by atoms with Gasteiger partial charge in [-0.2, -0.15) is 0 Å². The van der Waals surface area contributed by atoms with Gasteiger partial charge in [-0.25, -0.2) is 0 Å². The van der Waals surface area contributed by atoms with Gasteiger partial charge in [-0.1, -0.05) is 26.8 Å². The van der Waals surface area contributed by atoms with E-state index in [4.69, 9.17) is 4.74 Å². The van der Waals surface area contributed by atoms with Gasteiger partial charge >= 0.3 is 5.97 Å². The van der Waals surface area contributed by atoms with Gasteiger partial charge in [-0.3, -0.25) is 14.4 Å². The normalized spacial score (nSPS) is 49.7. The summed E-state index contributed by atoms with van der Waals surface area (Å²) in [6, 6.07) is 0. The summed E-state index contributed by atoms with van der Waals surface area (Å²) < 4.78 is 4.93. The molecule has 6 unspecified atom stereocenters. The fourth-order valence-electron chi connectivity index (χ4n) is 7.96. The number of hydrogen-bond acceptors (Lipinski definition) is 6. The number of hydrogen-bond donors (Lipinski definition) is 2. The number of carbonyl (C=O) groups excluding carboxylic acids is 3. The quantitative estimate of drug-likeness (QED) is 0.683. The molecule has 0 bridgehead atoms. The van der Waals surface area contributed by atoms with Gasteiger partial charge in [0.1, 0.15) is 5.60 Å². The smallest absolute Gasteiger partial charge is 0.303 e. The Morgan fingerprint density at radius 1 is 1.27 bits per heavy atom. The molecule has 4 aliphatic rings. The van der Waals surface area contributed by atoms with Gasteiger partial charge in [-0.15, -0.1) is 0 Å². The van der Waals surface area contributed by atoms with Crippen LogP contribution in [-0.2, 0) is 19.1 Å². The zero-order valence-electron chi connectivity index (χ0n) is 18.4. The van der Waals surface area contributed by atoms with Crippen molar-refractivity contribution in [1.29, 1.82) is 0 Å². The molecule has 166 valence electrons. The standard InChI is InChI=1S/C24H34O6/c1-13-9-18-17-6-5-15-10-16(26)7-8-22(15,3)21(17)19(27)11-23(18,4)24(13,29)20(28)12-30-14(2)25/h7-8,13,15,17-19,21,27,29H,5-6,9-12H2,1-4H3/t13-,15?,17?,18?,19-,21?,22?,23?,24+/m1/s1. The van der Waals surface area contributed by atoms with Gasteiger partial charge in [0, 0.05) is 18.8 Å². The third-order valence-electron chi connectivity index (χ3n) is 9.39. The monoisotopic (exact) mass is 418 g/mol. The Morgan fingerprint density at radius 2 is 1.97 bits per heavy atom. The third kappa shape index (κ3) is 2.79. The van der Waals surface area contributed by atoms with E-state index in [0.717, 1.165) is 12.8 Å². The number of esters is 1. The number of Topliss-reactive ketones (excluding diaryl/α,β-unsaturated/α-hetero) is 1. The van der Waals surface area contributed by atoms with Crippen LogP contribution in [0.4, 0.5) is 0 Å². The van der Waals surface area contributed by atoms with Crippen LogP contribution in [0, 0.1) is 40.4 Å². The van der Waals surface area contributed by atoms with Crippen molar-refractivity contribution < 1.29 is 29.3 Å². The number of fused-ring (bicyclic) bond motifs is 5. The van der Waals surface area contributed by atoms with Crippen molar-refractivity contribution >= 4 is 17.5 Å². The van der Waals surface area contributed by atoms with E-state index in [2.05, 4.69) is 6.92 Å². The second-order valence-electron chi connectivity index (χ2n) is 10.7. The first kappa shape index (κ1) is 21.7. The summed E-state index contributed by atoms with van der Waals surface area (Å²) >= 11 is 0. The lowest BCUT2D eigenvalue weighted by atomic mass is 9.44. The molecule has 2 N–H and O–H groups in total. The van der Waals surface area contributed by atoms with Gasteiger partial charge in [0.15, 0.2) is 12.4 Å². The van der Waals surface area contributed by atoms with E-state index in [1.807, 2.05) is 19.9 Å². The average molecular weight is 419 g/mol. The molecule has 0 aliphatic heterocycles. The summed E-state index contributed by atoms with van der Waals surface area (Å²) in [5.74, 6) is -0.625. The Balaban J connectivity index is 1.69. The van der Waals surface area contributed by atoms with Crippen molar-refractivity contribution in [2.24, 2.45) is 40.4 Å². The summed E-state index contributed by atoms with van der Waals surface area (Å²) in [5.41, 5.74) is -2.65. The molecule has 0 amide bonds. The molecule has 6 nitrogen and oxygen atoms in total. The molecule has 0 heterocycles. The molecule has 6 heteroatoms. The second-order valence-corrected chi connectivity index (χ2v) is 10.7. The molecule has 0 aromatic heterocycles. The molecular weight excluding hydrogens is 384 g/mol. The van der Waals surface area contributed by atoms with E-state index in [1.54, 1.807) is 6.08 Å². The van der Waals surface area contributed by atoms with Crippen molar-refractivity contribution in [2.75, 3.05) is 6.61 Å². The second kappa shape index (κ2) is 6.99. The molecule has 3 saturated carbocycles. The highest BCUT2D eigenvalue weighted by Gasteiger charge is 2.70. The van der Waals surface area contributed by atoms with Crippen molar-refractivity contribution in [1.82, 2.24) is 0 Å². The van der Waals surface area contributed by atoms with Crippen LogP contribution in [0.1, 0.15) is 59.8 Å². The predicted molar refractivity (Wildman–Crippen MR) is 109 cm³/mol. The zero-order valence-corrected chi connectivity index (χ0v) is 18.4. The molecule has 0 aromatic rings. The van der Waals surface area contributed by atoms with Gasteiger partial charge < -0.3 is 14.9 Å². The van der Waals surface area contributed by atoms with Crippen LogP contribution in [0.15, 0.2) is 12.2 Å². The van der Waals surface area contributed by atoms with Gasteiger partial charge in [0.05, 0.1) is 6.10 Å². The number of allylic oxidation sites excluding steroid dienone is 2. The van der Waals surface area contributed by atoms with Crippen LogP contribution in [0.3, 0.4) is 0 Å². The van der Waals surface area contributed by atoms with Gasteiger partial charge in [0.25, 0.3) is 0 Å². The van der Waals surface area contributed by atoms with E-state index in [1.165, 1.54) is 6.92 Å². The Kier molecular flexibility index (Phi) is 5.06. The molecule has 0 saturated heterocycles. The highest BCUT2D eigenvalue weighted by atomic mass is 16.5. The highest BCUT2D eigenvalue weighted by Crippen LogP contribution is 2.68. The van der Waals surface area contributed by atoms with Crippen LogP contribution >= 0.6 is 0 Å². The summed E-state index contributed by atoms with van der Waals surface area (Å²) in [6.07, 6.45) is 6.40. The minimum atomic E-state index is -1.63. The number of aliphatic hydroxyl groups excluding tert-OH is 1. The Labute approximate surface area is 178 Å². The Morgan fingerprint density at radius 3 is 2.63 bits per heavy atom. The van der Waals surface area contributed by atoms with Crippen molar-refractivity contribution in [3.05, 3.63) is 12.2 Å². The van der Waals surface area contributed by atoms with Crippen molar-refractivity contribution in [2.45, 2.75) is 71.5 Å². The fourth-order valence-corrected chi connectivity index (χ4v) is 7.96. The van der Waals surface area contributed by atoms with Crippen LogP contribution in [0.2, 0.25) is 0 Å². The predicted octanol–water partition coefficient (Wildman–Crippen LogP) is 2.45. The Hall–Kier alpha value is -1.53. The van der Waals surface area contributed by atoms with Crippen LogP contribution < -0.4 is 0 Å². The summed E-state index contributed by atoms with van der Waals surface area (Å²) in [6.45, 7) is 6.80. The molecule has 4 rings (SSSR count). The molecule has 3 fully saturated rings. The fraction of sp³-hybridized carbons (Fsp3) is 0.792. The first-order valence-electron chi connectivity index (χ1n) is 11.2. The SMILES string of the molecule is CC(=O)OCC(=O)[C@@]1(O)[C@H](C)CC2C3CCC4CC(=O)C=CC4(C)C3[C@H](O)CC21C. The van der Waals surface area contributed by atoms with E-state index >= 15 is 0 Å². The van der Waals surface area contributed by atoms with Crippen molar-refractivity contribution in [3.63, 3.8) is 0 Å². The van der Waals surface area contributed by atoms with Crippen molar-refractivity contribution in [3.8, 4) is 0 Å². The molecule has 9 atom stereocenters. The van der Waals surface area contributed by atoms with Gasteiger partial charge in [-0.05, 0) is 66.8 Å². The topological polar surface area (TPSA) is 101 Å². The lowest BCUT2D eigenvalue weighted by Crippen LogP contribution is -2.63. The minimum absolute atomic E-state index is 0.0109. The Bertz CT molecular complexity index is 804. The molecule has 0 radical (unpaired) electrons. The minimum Gasteiger partial charge on any atom is -0.458 e. The molecular formula is C24H34O6. The largest absolute Gasteiger partial charge is 0.458 e. The first-order valence-corrected chi connectivity index (χ1v) is 11.2. The summed E-state index contributed by atoms with van der Waals surface area (Å²) in [5, 5.41) is 23.1.